The largest absolute Gasteiger partial charge is 0.356 e. The van der Waals surface area contributed by atoms with Crippen molar-refractivity contribution in [2.24, 2.45) is 5.92 Å². The molecular weight excluding hydrogens is 178 g/mol. The first-order valence-electron chi connectivity index (χ1n) is 5.46. The second-order valence-corrected chi connectivity index (χ2v) is 4.49. The van der Waals surface area contributed by atoms with E-state index in [1.54, 1.807) is 0 Å². The molecule has 0 aromatic carbocycles. The minimum absolute atomic E-state index is 0.221. The third-order valence-corrected chi connectivity index (χ3v) is 3.03. The van der Waals surface area contributed by atoms with Crippen molar-refractivity contribution >= 4 is 5.91 Å². The van der Waals surface area contributed by atoms with Gasteiger partial charge in [0.05, 0.1) is 0 Å². The molecule has 0 radical (unpaired) electrons. The van der Waals surface area contributed by atoms with Crippen molar-refractivity contribution in [3.05, 3.63) is 0 Å². The molecule has 1 unspecified atom stereocenters. The van der Waals surface area contributed by atoms with Crippen LogP contribution in [0.1, 0.15) is 13.3 Å². The highest BCUT2D eigenvalue weighted by Crippen LogP contribution is 2.12. The van der Waals surface area contributed by atoms with Crippen molar-refractivity contribution in [1.82, 2.24) is 15.5 Å². The van der Waals surface area contributed by atoms with Gasteiger partial charge in [-0.15, -0.1) is 0 Å². The maximum absolute atomic E-state index is 11.0. The second kappa shape index (κ2) is 4.28. The lowest BCUT2D eigenvalue weighted by Crippen LogP contribution is -2.50. The van der Waals surface area contributed by atoms with Gasteiger partial charge in [0.2, 0.25) is 5.91 Å². The van der Waals surface area contributed by atoms with Crippen LogP contribution >= 0.6 is 0 Å². The molecule has 2 heterocycles. The number of piperazine rings is 1. The number of rotatable bonds is 2. The standard InChI is InChI=1S/C10H19N3O/c1-8-6-13(3-2-11-8)7-9-4-10(14)12-5-9/h8-9,11H,2-7H2,1H3,(H,12,14)/t8-,9?/m1/s1. The molecule has 0 aromatic heterocycles. The van der Waals surface area contributed by atoms with Gasteiger partial charge in [-0.3, -0.25) is 4.79 Å². The molecule has 2 atom stereocenters. The van der Waals surface area contributed by atoms with Gasteiger partial charge in [-0.05, 0) is 12.8 Å². The van der Waals surface area contributed by atoms with Gasteiger partial charge >= 0.3 is 0 Å². The molecule has 80 valence electrons. The number of carbonyl (C=O) groups is 1. The predicted molar refractivity (Wildman–Crippen MR) is 55.0 cm³/mol. The van der Waals surface area contributed by atoms with E-state index in [4.69, 9.17) is 0 Å². The van der Waals surface area contributed by atoms with E-state index in [0.717, 1.165) is 39.1 Å². The van der Waals surface area contributed by atoms with E-state index >= 15 is 0 Å². The van der Waals surface area contributed by atoms with Crippen LogP contribution in [0.4, 0.5) is 0 Å². The van der Waals surface area contributed by atoms with Crippen molar-refractivity contribution in [2.75, 3.05) is 32.7 Å². The lowest BCUT2D eigenvalue weighted by atomic mass is 10.1. The van der Waals surface area contributed by atoms with Gasteiger partial charge in [-0.2, -0.15) is 0 Å². The molecule has 2 N–H and O–H groups in total. The topological polar surface area (TPSA) is 44.4 Å². The highest BCUT2D eigenvalue weighted by atomic mass is 16.1. The van der Waals surface area contributed by atoms with Crippen LogP contribution in [0.5, 0.6) is 0 Å². The zero-order chi connectivity index (χ0) is 9.97. The van der Waals surface area contributed by atoms with Crippen molar-refractivity contribution in [3.63, 3.8) is 0 Å². The van der Waals surface area contributed by atoms with Crippen LogP contribution in [0.25, 0.3) is 0 Å². The van der Waals surface area contributed by atoms with Crippen molar-refractivity contribution in [3.8, 4) is 0 Å². The minimum atomic E-state index is 0.221. The fourth-order valence-corrected chi connectivity index (χ4v) is 2.34. The van der Waals surface area contributed by atoms with E-state index in [9.17, 15) is 4.79 Å². The van der Waals surface area contributed by atoms with E-state index in [-0.39, 0.29) is 5.91 Å². The summed E-state index contributed by atoms with van der Waals surface area (Å²) in [7, 11) is 0. The van der Waals surface area contributed by atoms with Gasteiger partial charge in [0.15, 0.2) is 0 Å². The first-order valence-corrected chi connectivity index (χ1v) is 5.46. The van der Waals surface area contributed by atoms with Gasteiger partial charge in [-0.25, -0.2) is 0 Å². The summed E-state index contributed by atoms with van der Waals surface area (Å²) in [6.07, 6.45) is 0.721. The van der Waals surface area contributed by atoms with Crippen LogP contribution in [0.3, 0.4) is 0 Å². The summed E-state index contributed by atoms with van der Waals surface area (Å²) in [6.45, 7) is 7.47. The van der Waals surface area contributed by atoms with Gasteiger partial charge in [-0.1, -0.05) is 0 Å². The van der Waals surface area contributed by atoms with E-state index in [1.165, 1.54) is 0 Å². The first kappa shape index (κ1) is 9.93. The molecular formula is C10H19N3O. The Hall–Kier alpha value is -0.610. The molecule has 14 heavy (non-hydrogen) atoms. The SMILES string of the molecule is C[C@@H]1CN(CC2CNC(=O)C2)CCN1. The van der Waals surface area contributed by atoms with Crippen molar-refractivity contribution in [1.29, 1.82) is 0 Å². The van der Waals surface area contributed by atoms with Crippen LogP contribution in [0.15, 0.2) is 0 Å². The maximum atomic E-state index is 11.0. The lowest BCUT2D eigenvalue weighted by Gasteiger charge is -2.33. The molecule has 0 aliphatic carbocycles. The fraction of sp³-hybridized carbons (Fsp3) is 0.900. The number of nitrogens with one attached hydrogen (secondary N) is 2. The molecule has 2 aliphatic heterocycles. The molecule has 0 bridgehead atoms. The van der Waals surface area contributed by atoms with Crippen LogP contribution in [0, 0.1) is 5.92 Å². The molecule has 1 amide bonds. The summed E-state index contributed by atoms with van der Waals surface area (Å²) < 4.78 is 0. The Labute approximate surface area is 85.0 Å². The van der Waals surface area contributed by atoms with Gasteiger partial charge in [0.1, 0.15) is 0 Å². The molecule has 0 aromatic rings. The van der Waals surface area contributed by atoms with Crippen LogP contribution in [0.2, 0.25) is 0 Å². The molecule has 2 saturated heterocycles. The Kier molecular flexibility index (Phi) is 3.03. The summed E-state index contributed by atoms with van der Waals surface area (Å²) >= 11 is 0. The third kappa shape index (κ3) is 2.45. The molecule has 2 rings (SSSR count). The van der Waals surface area contributed by atoms with Gasteiger partial charge in [0.25, 0.3) is 0 Å². The summed E-state index contributed by atoms with van der Waals surface area (Å²) in [5, 5.41) is 6.31. The number of nitrogens with zero attached hydrogens (tertiary/aromatic N) is 1. The third-order valence-electron chi connectivity index (χ3n) is 3.03. The second-order valence-electron chi connectivity index (χ2n) is 4.49. The Balaban J connectivity index is 1.76. The van der Waals surface area contributed by atoms with Crippen molar-refractivity contribution < 1.29 is 4.79 Å². The Morgan fingerprint density at radius 2 is 2.43 bits per heavy atom. The molecule has 0 spiro atoms. The first-order chi connectivity index (χ1) is 6.74. The number of amides is 1. The van der Waals surface area contributed by atoms with Gasteiger partial charge < -0.3 is 15.5 Å². The summed E-state index contributed by atoms with van der Waals surface area (Å²) in [4.78, 5) is 13.5. The van der Waals surface area contributed by atoms with Crippen LogP contribution in [-0.4, -0.2) is 49.6 Å². The average Bonchev–Trinajstić information content (AvgIpc) is 2.51. The minimum Gasteiger partial charge on any atom is -0.356 e. The zero-order valence-electron chi connectivity index (χ0n) is 8.75. The lowest BCUT2D eigenvalue weighted by molar-refractivity contribution is -0.119. The smallest absolute Gasteiger partial charge is 0.220 e. The Morgan fingerprint density at radius 3 is 3.07 bits per heavy atom. The van der Waals surface area contributed by atoms with E-state index < -0.39 is 0 Å². The molecule has 2 fully saturated rings. The average molecular weight is 197 g/mol. The highest BCUT2D eigenvalue weighted by Gasteiger charge is 2.25. The van der Waals surface area contributed by atoms with Gasteiger partial charge in [0, 0.05) is 45.2 Å². The monoisotopic (exact) mass is 197 g/mol. The van der Waals surface area contributed by atoms with E-state index in [1.807, 2.05) is 0 Å². The Morgan fingerprint density at radius 1 is 1.57 bits per heavy atom. The molecule has 4 nitrogen and oxygen atoms in total. The summed E-state index contributed by atoms with van der Waals surface area (Å²) in [6, 6.07) is 0.591. The summed E-state index contributed by atoms with van der Waals surface area (Å²) in [5.41, 5.74) is 0. The molecule has 0 saturated carbocycles. The maximum Gasteiger partial charge on any atom is 0.220 e. The quantitative estimate of drug-likeness (QED) is 0.622. The van der Waals surface area contributed by atoms with Crippen molar-refractivity contribution in [2.45, 2.75) is 19.4 Å². The summed E-state index contributed by atoms with van der Waals surface area (Å²) in [5.74, 6) is 0.756. The van der Waals surface area contributed by atoms with E-state index in [2.05, 4.69) is 22.5 Å². The Bertz CT molecular complexity index is 219. The van der Waals surface area contributed by atoms with Crippen LogP contribution < -0.4 is 10.6 Å². The van der Waals surface area contributed by atoms with Crippen LogP contribution in [-0.2, 0) is 4.79 Å². The number of hydrogen-bond acceptors (Lipinski definition) is 3. The number of carbonyl (C=O) groups excluding carboxylic acids is 1. The fourth-order valence-electron chi connectivity index (χ4n) is 2.34. The molecule has 2 aliphatic rings. The number of hydrogen-bond donors (Lipinski definition) is 2. The van der Waals surface area contributed by atoms with E-state index in [0.29, 0.717) is 12.0 Å². The normalized spacial score (nSPS) is 34.5. The molecule has 4 heteroatoms. The highest BCUT2D eigenvalue weighted by molar-refractivity contribution is 5.78. The predicted octanol–water partition coefficient (Wildman–Crippen LogP) is -0.584. The zero-order valence-corrected chi connectivity index (χ0v) is 8.75.